The monoisotopic (exact) mass is 579 g/mol. The molecule has 0 radical (unpaired) electrons. The van der Waals surface area contributed by atoms with Crippen molar-refractivity contribution in [3.8, 4) is 5.69 Å². The Balaban J connectivity index is 1.31. The maximum absolute atomic E-state index is 13.5. The number of hydrogen-bond acceptors (Lipinski definition) is 4. The number of imidazole rings is 1. The number of alkyl halides is 2. The van der Waals surface area contributed by atoms with Crippen LogP contribution in [0.3, 0.4) is 0 Å². The molecule has 0 atom stereocenters. The Hall–Kier alpha value is -3.01. The van der Waals surface area contributed by atoms with Gasteiger partial charge >= 0.3 is 5.69 Å². The van der Waals surface area contributed by atoms with E-state index in [1.165, 1.54) is 10.6 Å². The lowest BCUT2D eigenvalue weighted by Gasteiger charge is -2.29. The number of nitrogens with zero attached hydrogens (tertiary/aromatic N) is 4. The fraction of sp³-hybridized carbons (Fsp3) is 0.308. The molecule has 1 fully saturated rings. The minimum atomic E-state index is -2.89. The van der Waals surface area contributed by atoms with Crippen LogP contribution in [0, 0.1) is 5.92 Å². The van der Waals surface area contributed by atoms with Crippen molar-refractivity contribution in [1.82, 2.24) is 24.4 Å². The molecule has 1 aromatic carbocycles. The first-order valence-corrected chi connectivity index (χ1v) is 13.1. The molecule has 12 heteroatoms. The van der Waals surface area contributed by atoms with Crippen LogP contribution in [0.15, 0.2) is 53.6 Å². The zero-order valence-electron chi connectivity index (χ0n) is 19.9. The van der Waals surface area contributed by atoms with Crippen molar-refractivity contribution < 1.29 is 13.6 Å². The van der Waals surface area contributed by atoms with E-state index in [0.717, 1.165) is 19.0 Å². The second-order valence-electron chi connectivity index (χ2n) is 9.25. The minimum Gasteiger partial charge on any atom is -0.349 e. The zero-order chi connectivity index (χ0) is 27.0. The largest absolute Gasteiger partial charge is 0.349 e. The molecule has 1 aliphatic carbocycles. The Bertz CT molecular complexity index is 1560. The van der Waals surface area contributed by atoms with Gasteiger partial charge in [-0.3, -0.25) is 14.3 Å². The third-order valence-electron chi connectivity index (χ3n) is 6.80. The van der Waals surface area contributed by atoms with E-state index in [4.69, 9.17) is 34.8 Å². The van der Waals surface area contributed by atoms with Crippen molar-refractivity contribution in [3.63, 3.8) is 0 Å². The normalized spacial score (nSPS) is 17.7. The summed E-state index contributed by atoms with van der Waals surface area (Å²) in [6.07, 6.45) is 2.59. The van der Waals surface area contributed by atoms with E-state index in [2.05, 4.69) is 15.3 Å². The molecule has 3 aromatic heterocycles. The van der Waals surface area contributed by atoms with Crippen LogP contribution >= 0.6 is 34.8 Å². The van der Waals surface area contributed by atoms with E-state index in [1.807, 2.05) is 6.07 Å². The first kappa shape index (κ1) is 26.6. The molecular formula is C26H22Cl3F2N5O2. The number of fused-ring (bicyclic) bond motifs is 1. The second-order valence-corrected chi connectivity index (χ2v) is 10.5. The van der Waals surface area contributed by atoms with Crippen LogP contribution in [-0.4, -0.2) is 31.1 Å². The first-order valence-electron chi connectivity index (χ1n) is 12.0. The number of carbonyl (C=O) groups is 1. The van der Waals surface area contributed by atoms with Gasteiger partial charge in [0.15, 0.2) is 5.65 Å². The van der Waals surface area contributed by atoms with Gasteiger partial charge in [0, 0.05) is 30.0 Å². The van der Waals surface area contributed by atoms with Gasteiger partial charge in [-0.2, -0.15) is 0 Å². The number of benzene rings is 1. The second kappa shape index (κ2) is 11.0. The SMILES string of the molecule is O=C(NC1CCC(Cn2c(=O)n(-c3ccc(Cl)cc3Cl)c3ncccc32)CC1)c1cc(Cl)cnc1C(F)F. The molecule has 198 valence electrons. The van der Waals surface area contributed by atoms with Crippen LogP contribution in [0.5, 0.6) is 0 Å². The summed E-state index contributed by atoms with van der Waals surface area (Å²) in [5.74, 6) is -0.450. The van der Waals surface area contributed by atoms with Crippen LogP contribution < -0.4 is 11.0 Å². The first-order chi connectivity index (χ1) is 18.2. The molecule has 1 N–H and O–H groups in total. The van der Waals surface area contributed by atoms with Crippen molar-refractivity contribution in [2.45, 2.75) is 44.7 Å². The van der Waals surface area contributed by atoms with Crippen molar-refractivity contribution in [2.24, 2.45) is 5.92 Å². The summed E-state index contributed by atoms with van der Waals surface area (Å²) in [4.78, 5) is 34.3. The predicted molar refractivity (Wildman–Crippen MR) is 143 cm³/mol. The zero-order valence-corrected chi connectivity index (χ0v) is 22.1. The average Bonchev–Trinajstić information content (AvgIpc) is 3.16. The summed E-state index contributed by atoms with van der Waals surface area (Å²) in [5.41, 5.74) is 0.604. The number of nitrogens with one attached hydrogen (secondary N) is 1. The fourth-order valence-corrected chi connectivity index (χ4v) is 5.61. The van der Waals surface area contributed by atoms with Gasteiger partial charge in [-0.15, -0.1) is 0 Å². The molecule has 0 aliphatic heterocycles. The van der Waals surface area contributed by atoms with E-state index >= 15 is 0 Å². The third-order valence-corrected chi connectivity index (χ3v) is 7.55. The highest BCUT2D eigenvalue weighted by molar-refractivity contribution is 6.35. The van der Waals surface area contributed by atoms with Crippen LogP contribution in [0.2, 0.25) is 15.1 Å². The van der Waals surface area contributed by atoms with E-state index in [0.29, 0.717) is 46.3 Å². The smallest absolute Gasteiger partial charge is 0.335 e. The molecule has 1 saturated carbocycles. The highest BCUT2D eigenvalue weighted by Crippen LogP contribution is 2.30. The summed E-state index contributed by atoms with van der Waals surface area (Å²) in [5, 5.41) is 3.75. The molecule has 0 bridgehead atoms. The number of halogens is 5. The molecule has 5 rings (SSSR count). The predicted octanol–water partition coefficient (Wildman–Crippen LogP) is 6.47. The van der Waals surface area contributed by atoms with Gasteiger partial charge in [0.25, 0.3) is 12.3 Å². The van der Waals surface area contributed by atoms with E-state index in [1.54, 1.807) is 35.0 Å². The number of pyridine rings is 2. The Morgan fingerprint density at radius 3 is 2.53 bits per heavy atom. The summed E-state index contributed by atoms with van der Waals surface area (Å²) in [7, 11) is 0. The van der Waals surface area contributed by atoms with E-state index in [-0.39, 0.29) is 28.2 Å². The van der Waals surface area contributed by atoms with Crippen LogP contribution in [-0.2, 0) is 6.54 Å². The highest BCUT2D eigenvalue weighted by atomic mass is 35.5. The summed E-state index contributed by atoms with van der Waals surface area (Å²) in [6, 6.07) is 9.58. The Morgan fingerprint density at radius 2 is 1.82 bits per heavy atom. The van der Waals surface area contributed by atoms with Crippen molar-refractivity contribution in [1.29, 1.82) is 0 Å². The van der Waals surface area contributed by atoms with E-state index < -0.39 is 18.0 Å². The van der Waals surface area contributed by atoms with Crippen molar-refractivity contribution in [3.05, 3.63) is 85.6 Å². The quantitative estimate of drug-likeness (QED) is 0.283. The van der Waals surface area contributed by atoms with Crippen molar-refractivity contribution in [2.75, 3.05) is 0 Å². The van der Waals surface area contributed by atoms with Crippen LogP contribution in [0.25, 0.3) is 16.9 Å². The molecule has 0 spiro atoms. The van der Waals surface area contributed by atoms with Gasteiger partial charge < -0.3 is 5.32 Å². The number of carbonyl (C=O) groups excluding carboxylic acids is 1. The lowest BCUT2D eigenvalue weighted by molar-refractivity contribution is 0.0904. The van der Waals surface area contributed by atoms with Gasteiger partial charge in [0.2, 0.25) is 0 Å². The minimum absolute atomic E-state index is 0.113. The number of hydrogen-bond donors (Lipinski definition) is 1. The maximum Gasteiger partial charge on any atom is 0.335 e. The van der Waals surface area contributed by atoms with Crippen LogP contribution in [0.4, 0.5) is 8.78 Å². The number of aromatic nitrogens is 4. The Kier molecular flexibility index (Phi) is 7.70. The van der Waals surface area contributed by atoms with E-state index in [9.17, 15) is 18.4 Å². The van der Waals surface area contributed by atoms with Gasteiger partial charge in [0.1, 0.15) is 5.69 Å². The Labute approximate surface area is 231 Å². The molecule has 0 saturated heterocycles. The topological polar surface area (TPSA) is 81.8 Å². The molecule has 0 unspecified atom stereocenters. The molecule has 3 heterocycles. The summed E-state index contributed by atoms with van der Waals surface area (Å²) < 4.78 is 29.8. The Morgan fingerprint density at radius 1 is 1.05 bits per heavy atom. The standard InChI is InChI=1S/C26H22Cl3F2N5O2/c27-15-5-8-20(19(29)11-15)36-24-21(2-1-9-32-24)35(26(36)38)13-14-3-6-17(7-4-14)34-25(37)18-10-16(28)12-33-22(18)23(30)31/h1-2,5,8-12,14,17,23H,3-4,6-7,13H2,(H,34,37). The number of rotatable bonds is 6. The van der Waals surface area contributed by atoms with Gasteiger partial charge in [0.05, 0.1) is 26.8 Å². The lowest BCUT2D eigenvalue weighted by atomic mass is 9.85. The number of amides is 1. The molecule has 38 heavy (non-hydrogen) atoms. The molecule has 7 nitrogen and oxygen atoms in total. The molecular weight excluding hydrogens is 559 g/mol. The molecule has 1 amide bonds. The molecule has 1 aliphatic rings. The van der Waals surface area contributed by atoms with Crippen molar-refractivity contribution >= 4 is 51.9 Å². The highest BCUT2D eigenvalue weighted by Gasteiger charge is 2.27. The fourth-order valence-electron chi connectivity index (χ4n) is 4.96. The average molecular weight is 581 g/mol. The van der Waals surface area contributed by atoms with Gasteiger partial charge in [-0.25, -0.2) is 23.1 Å². The lowest BCUT2D eigenvalue weighted by Crippen LogP contribution is -2.39. The van der Waals surface area contributed by atoms with Crippen LogP contribution in [0.1, 0.15) is 48.2 Å². The summed E-state index contributed by atoms with van der Waals surface area (Å²) in [6.45, 7) is 0.466. The molecule has 4 aromatic rings. The van der Waals surface area contributed by atoms with Gasteiger partial charge in [-0.1, -0.05) is 34.8 Å². The van der Waals surface area contributed by atoms with Gasteiger partial charge in [-0.05, 0) is 68.0 Å². The maximum atomic E-state index is 13.5. The summed E-state index contributed by atoms with van der Waals surface area (Å²) >= 11 is 18.3. The third kappa shape index (κ3) is 5.28.